The zero-order chi connectivity index (χ0) is 26.4. The van der Waals surface area contributed by atoms with Gasteiger partial charge in [0.1, 0.15) is 35.5 Å². The van der Waals surface area contributed by atoms with Gasteiger partial charge < -0.3 is 19.5 Å². The van der Waals surface area contributed by atoms with Gasteiger partial charge in [0.05, 0.1) is 24.9 Å². The van der Waals surface area contributed by atoms with E-state index in [0.29, 0.717) is 40.1 Å². The predicted octanol–water partition coefficient (Wildman–Crippen LogP) is 6.94. The number of rotatable bonds is 8. The summed E-state index contributed by atoms with van der Waals surface area (Å²) in [5.41, 5.74) is 3.03. The number of hydrogen-bond donors (Lipinski definition) is 1. The minimum Gasteiger partial charge on any atom is -0.495 e. The van der Waals surface area contributed by atoms with E-state index >= 15 is 0 Å². The number of benzene rings is 4. The van der Waals surface area contributed by atoms with Gasteiger partial charge in [-0.05, 0) is 35.4 Å². The Kier molecular flexibility index (Phi) is 7.97. The van der Waals surface area contributed by atoms with Crippen LogP contribution in [0.4, 0.5) is 5.69 Å². The van der Waals surface area contributed by atoms with Gasteiger partial charge in [-0.2, -0.15) is 5.26 Å². The Morgan fingerprint density at radius 2 is 1.70 bits per heavy atom. The number of nitrogens with one attached hydrogen (secondary N) is 1. The first-order valence-electron chi connectivity index (χ1n) is 11.5. The Morgan fingerprint density at radius 3 is 2.41 bits per heavy atom. The molecule has 0 bridgehead atoms. The van der Waals surface area contributed by atoms with Crippen LogP contribution in [0.3, 0.4) is 0 Å². The normalized spacial score (nSPS) is 11.1. The van der Waals surface area contributed by atoms with E-state index in [1.54, 1.807) is 12.1 Å². The summed E-state index contributed by atoms with van der Waals surface area (Å²) in [6.07, 6.45) is 1.54. The summed E-state index contributed by atoms with van der Waals surface area (Å²) in [5, 5.41) is 14.8. The maximum absolute atomic E-state index is 13.2. The van der Waals surface area contributed by atoms with E-state index in [1.807, 2.05) is 73.7 Å². The van der Waals surface area contributed by atoms with Crippen LogP contribution in [-0.2, 0) is 11.4 Å². The van der Waals surface area contributed by atoms with Crippen molar-refractivity contribution in [2.45, 2.75) is 13.5 Å². The van der Waals surface area contributed by atoms with Gasteiger partial charge in [-0.15, -0.1) is 0 Å². The third-order valence-electron chi connectivity index (χ3n) is 5.82. The number of nitriles is 1. The van der Waals surface area contributed by atoms with E-state index in [-0.39, 0.29) is 5.57 Å². The number of nitrogens with zero attached hydrogens (tertiary/aromatic N) is 1. The van der Waals surface area contributed by atoms with Crippen LogP contribution >= 0.6 is 11.6 Å². The van der Waals surface area contributed by atoms with Crippen molar-refractivity contribution in [3.05, 3.63) is 100 Å². The van der Waals surface area contributed by atoms with E-state index in [9.17, 15) is 10.1 Å². The smallest absolute Gasteiger partial charge is 0.266 e. The Morgan fingerprint density at radius 1 is 0.973 bits per heavy atom. The highest BCUT2D eigenvalue weighted by Gasteiger charge is 2.17. The summed E-state index contributed by atoms with van der Waals surface area (Å²) in [5.74, 6) is 0.651. The van der Waals surface area contributed by atoms with Crippen LogP contribution < -0.4 is 19.5 Å². The molecule has 4 aromatic carbocycles. The van der Waals surface area contributed by atoms with Crippen LogP contribution in [0.15, 0.2) is 78.4 Å². The third-order valence-corrected chi connectivity index (χ3v) is 6.12. The highest BCUT2D eigenvalue weighted by Crippen LogP contribution is 2.36. The van der Waals surface area contributed by atoms with Crippen LogP contribution in [0.5, 0.6) is 17.2 Å². The van der Waals surface area contributed by atoms with Crippen LogP contribution in [0.1, 0.15) is 16.7 Å². The second-order valence-corrected chi connectivity index (χ2v) is 8.69. The molecule has 0 unspecified atom stereocenters. The molecule has 0 aliphatic carbocycles. The topological polar surface area (TPSA) is 80.6 Å². The number of hydrogen-bond acceptors (Lipinski definition) is 5. The fourth-order valence-corrected chi connectivity index (χ4v) is 4.07. The summed E-state index contributed by atoms with van der Waals surface area (Å²) >= 11 is 6.17. The molecule has 0 aliphatic rings. The van der Waals surface area contributed by atoms with E-state index in [1.165, 1.54) is 20.3 Å². The first-order chi connectivity index (χ1) is 17.9. The molecular weight excluding hydrogens is 488 g/mol. The van der Waals surface area contributed by atoms with Crippen molar-refractivity contribution in [3.8, 4) is 23.3 Å². The Bertz CT molecular complexity index is 1520. The van der Waals surface area contributed by atoms with Crippen molar-refractivity contribution in [1.29, 1.82) is 5.26 Å². The largest absolute Gasteiger partial charge is 0.495 e. The SMILES string of the molecule is COc1cc(NC(=O)/C(C#N)=C/c2c(OCc3ccc(C)cc3)ccc3ccccc23)c(OC)cc1Cl. The Hall–Kier alpha value is -4.47. The van der Waals surface area contributed by atoms with Gasteiger partial charge in [-0.25, -0.2) is 0 Å². The summed E-state index contributed by atoms with van der Waals surface area (Å²) < 4.78 is 16.7. The van der Waals surface area contributed by atoms with Gasteiger partial charge in [0.25, 0.3) is 5.91 Å². The molecule has 186 valence electrons. The standard InChI is InChI=1S/C30H25ClN2O4/c1-19-8-10-20(11-9-19)18-37-27-13-12-21-6-4-5-7-23(21)24(27)14-22(17-32)30(34)33-26-16-28(35-2)25(31)15-29(26)36-3/h4-16H,18H2,1-3H3,(H,33,34)/b22-14+. The molecule has 0 radical (unpaired) electrons. The molecule has 1 amide bonds. The van der Waals surface area contributed by atoms with Crippen molar-refractivity contribution >= 4 is 40.0 Å². The summed E-state index contributed by atoms with van der Waals surface area (Å²) in [7, 11) is 2.93. The molecule has 0 aromatic heterocycles. The van der Waals surface area contributed by atoms with E-state index < -0.39 is 5.91 Å². The Balaban J connectivity index is 1.71. The number of halogens is 1. The maximum Gasteiger partial charge on any atom is 0.266 e. The molecule has 0 spiro atoms. The van der Waals surface area contributed by atoms with Crippen molar-refractivity contribution in [2.75, 3.05) is 19.5 Å². The quantitative estimate of drug-likeness (QED) is 0.204. The number of aryl methyl sites for hydroxylation is 1. The second-order valence-electron chi connectivity index (χ2n) is 8.28. The van der Waals surface area contributed by atoms with E-state index in [0.717, 1.165) is 21.9 Å². The van der Waals surface area contributed by atoms with Gasteiger partial charge in [-0.3, -0.25) is 4.79 Å². The number of carbonyl (C=O) groups is 1. The van der Waals surface area contributed by atoms with Crippen LogP contribution in [0.25, 0.3) is 16.8 Å². The minimum atomic E-state index is -0.609. The van der Waals surface area contributed by atoms with Crippen molar-refractivity contribution in [3.63, 3.8) is 0 Å². The van der Waals surface area contributed by atoms with E-state index in [4.69, 9.17) is 25.8 Å². The van der Waals surface area contributed by atoms with Gasteiger partial charge in [0, 0.05) is 17.7 Å². The first kappa shape index (κ1) is 25.6. The maximum atomic E-state index is 13.2. The lowest BCUT2D eigenvalue weighted by Gasteiger charge is -2.14. The predicted molar refractivity (Wildman–Crippen MR) is 146 cm³/mol. The monoisotopic (exact) mass is 512 g/mol. The van der Waals surface area contributed by atoms with Crippen molar-refractivity contribution in [1.82, 2.24) is 0 Å². The molecule has 1 N–H and O–H groups in total. The van der Waals surface area contributed by atoms with Gasteiger partial charge >= 0.3 is 0 Å². The van der Waals surface area contributed by atoms with Gasteiger partial charge in [-0.1, -0.05) is 71.8 Å². The second kappa shape index (κ2) is 11.5. The summed E-state index contributed by atoms with van der Waals surface area (Å²) in [6.45, 7) is 2.37. The summed E-state index contributed by atoms with van der Waals surface area (Å²) in [6, 6.07) is 24.7. The number of anilines is 1. The van der Waals surface area contributed by atoms with Gasteiger partial charge in [0.15, 0.2) is 0 Å². The zero-order valence-electron chi connectivity index (χ0n) is 20.7. The van der Waals surface area contributed by atoms with Crippen LogP contribution in [-0.4, -0.2) is 20.1 Å². The van der Waals surface area contributed by atoms with Crippen molar-refractivity contribution in [2.24, 2.45) is 0 Å². The lowest BCUT2D eigenvalue weighted by molar-refractivity contribution is -0.112. The van der Waals surface area contributed by atoms with Crippen molar-refractivity contribution < 1.29 is 19.0 Å². The molecule has 0 atom stereocenters. The number of fused-ring (bicyclic) bond motifs is 1. The van der Waals surface area contributed by atoms with Gasteiger partial charge in [0.2, 0.25) is 0 Å². The molecule has 4 rings (SSSR count). The molecule has 37 heavy (non-hydrogen) atoms. The zero-order valence-corrected chi connectivity index (χ0v) is 21.4. The average Bonchev–Trinajstić information content (AvgIpc) is 2.92. The number of ether oxygens (including phenoxy) is 3. The molecule has 6 nitrogen and oxygen atoms in total. The van der Waals surface area contributed by atoms with Crippen LogP contribution in [0, 0.1) is 18.3 Å². The lowest BCUT2D eigenvalue weighted by Crippen LogP contribution is -2.14. The first-order valence-corrected chi connectivity index (χ1v) is 11.9. The molecule has 0 saturated heterocycles. The fourth-order valence-electron chi connectivity index (χ4n) is 3.84. The number of carbonyl (C=O) groups excluding carboxylic acids is 1. The number of amides is 1. The molecule has 0 heterocycles. The third kappa shape index (κ3) is 5.85. The highest BCUT2D eigenvalue weighted by atomic mass is 35.5. The molecule has 0 aliphatic heterocycles. The fraction of sp³-hybridized carbons (Fsp3) is 0.133. The molecule has 0 saturated carbocycles. The number of methoxy groups -OCH3 is 2. The molecule has 7 heteroatoms. The van der Waals surface area contributed by atoms with Crippen LogP contribution in [0.2, 0.25) is 5.02 Å². The summed E-state index contributed by atoms with van der Waals surface area (Å²) in [4.78, 5) is 13.2. The lowest BCUT2D eigenvalue weighted by atomic mass is 10.0. The van der Waals surface area contributed by atoms with E-state index in [2.05, 4.69) is 5.32 Å². The molecule has 0 fully saturated rings. The minimum absolute atomic E-state index is 0.104. The average molecular weight is 513 g/mol. The Labute approximate surface area is 220 Å². The molecule has 4 aromatic rings. The molecular formula is C30H25ClN2O4. The highest BCUT2D eigenvalue weighted by molar-refractivity contribution is 6.32.